The minimum absolute atomic E-state index is 0.232. The second-order valence-corrected chi connectivity index (χ2v) is 9.95. The van der Waals surface area contributed by atoms with Crippen LogP contribution in [-0.4, -0.2) is 70.7 Å². The highest BCUT2D eigenvalue weighted by molar-refractivity contribution is 6.15. The maximum Gasteiger partial charge on any atom is 0.329 e. The first-order valence-electron chi connectivity index (χ1n) is 13.0. The van der Waals surface area contributed by atoms with E-state index in [1.165, 1.54) is 0 Å². The molecule has 0 saturated carbocycles. The maximum atomic E-state index is 12.5. The molecule has 2 rings (SSSR count). The van der Waals surface area contributed by atoms with E-state index in [4.69, 9.17) is 9.47 Å². The number of ether oxygens (including phenoxy) is 2. The fourth-order valence-corrected chi connectivity index (χ4v) is 4.33. The first kappa shape index (κ1) is 29.9. The van der Waals surface area contributed by atoms with E-state index in [1.54, 1.807) is 27.7 Å². The molecule has 0 fully saturated rings. The molecule has 2 heterocycles. The van der Waals surface area contributed by atoms with Crippen LogP contribution in [0, 0.1) is 11.8 Å². The summed E-state index contributed by atoms with van der Waals surface area (Å²) in [6, 6.07) is -1.85. The van der Waals surface area contributed by atoms with Gasteiger partial charge >= 0.3 is 11.9 Å². The summed E-state index contributed by atoms with van der Waals surface area (Å²) < 4.78 is 10.7. The second kappa shape index (κ2) is 14.4. The van der Waals surface area contributed by atoms with Gasteiger partial charge in [-0.25, -0.2) is 9.59 Å². The zero-order chi connectivity index (χ0) is 27.5. The summed E-state index contributed by atoms with van der Waals surface area (Å²) in [5.74, 6) is -3.62. The van der Waals surface area contributed by atoms with E-state index in [0.29, 0.717) is 12.8 Å². The molecule has 2 aliphatic heterocycles. The summed E-state index contributed by atoms with van der Waals surface area (Å²) in [7, 11) is 0. The normalized spacial score (nSPS) is 16.9. The number of esters is 2. The van der Waals surface area contributed by atoms with Crippen LogP contribution in [0.2, 0.25) is 0 Å². The minimum atomic E-state index is -0.923. The summed E-state index contributed by atoms with van der Waals surface area (Å²) in [4.78, 5) is 74.4. The number of imide groups is 2. The number of hydrogen-bond acceptors (Lipinski definition) is 8. The van der Waals surface area contributed by atoms with Crippen LogP contribution in [0.4, 0.5) is 0 Å². The maximum absolute atomic E-state index is 12.5. The van der Waals surface area contributed by atoms with Gasteiger partial charge in [0.05, 0.1) is 13.2 Å². The number of unbranched alkanes of at least 4 members (excludes halogenated alkanes) is 6. The predicted octanol–water partition coefficient (Wildman–Crippen LogP) is 2.70. The second-order valence-electron chi connectivity index (χ2n) is 9.95. The first-order chi connectivity index (χ1) is 17.6. The number of carbonyl (C=O) groups is 6. The molecule has 0 radical (unpaired) electrons. The average Bonchev–Trinajstić information content (AvgIpc) is 3.33. The van der Waals surface area contributed by atoms with E-state index in [2.05, 4.69) is 0 Å². The van der Waals surface area contributed by atoms with Crippen LogP contribution in [-0.2, 0) is 38.2 Å². The lowest BCUT2D eigenvalue weighted by Crippen LogP contribution is -2.48. The zero-order valence-electron chi connectivity index (χ0n) is 22.1. The Morgan fingerprint density at radius 1 is 0.568 bits per heavy atom. The van der Waals surface area contributed by atoms with Gasteiger partial charge in [-0.2, -0.15) is 0 Å². The molecule has 10 heteroatoms. The largest absolute Gasteiger partial charge is 0.464 e. The third kappa shape index (κ3) is 8.36. The van der Waals surface area contributed by atoms with Gasteiger partial charge in [-0.05, 0) is 24.7 Å². The number of carbonyl (C=O) groups excluding carboxylic acids is 6. The highest BCUT2D eigenvalue weighted by atomic mass is 16.5. The van der Waals surface area contributed by atoms with Crippen molar-refractivity contribution in [3.63, 3.8) is 0 Å². The molecule has 204 valence electrons. The Bertz CT molecular complexity index is 827. The molecule has 0 bridgehead atoms. The van der Waals surface area contributed by atoms with Crippen molar-refractivity contribution < 1.29 is 38.2 Å². The predicted molar refractivity (Wildman–Crippen MR) is 133 cm³/mol. The van der Waals surface area contributed by atoms with Gasteiger partial charge in [0, 0.05) is 24.3 Å². The smallest absolute Gasteiger partial charge is 0.329 e. The van der Waals surface area contributed by atoms with Gasteiger partial charge in [0.2, 0.25) is 0 Å². The van der Waals surface area contributed by atoms with Crippen molar-refractivity contribution in [2.75, 3.05) is 13.2 Å². The summed E-state index contributed by atoms with van der Waals surface area (Å²) in [6.07, 6.45) is 10.7. The van der Waals surface area contributed by atoms with Crippen molar-refractivity contribution in [3.8, 4) is 0 Å². The molecule has 0 aromatic rings. The molecule has 2 aliphatic rings. The molecule has 0 aliphatic carbocycles. The van der Waals surface area contributed by atoms with Crippen LogP contribution >= 0.6 is 0 Å². The van der Waals surface area contributed by atoms with Crippen molar-refractivity contribution >= 4 is 35.6 Å². The fourth-order valence-electron chi connectivity index (χ4n) is 4.33. The van der Waals surface area contributed by atoms with E-state index in [9.17, 15) is 28.8 Å². The lowest BCUT2D eigenvalue weighted by Gasteiger charge is -2.27. The van der Waals surface area contributed by atoms with Gasteiger partial charge in [0.1, 0.15) is 12.1 Å². The quantitative estimate of drug-likeness (QED) is 0.173. The Hall–Kier alpha value is -3.30. The lowest BCUT2D eigenvalue weighted by molar-refractivity contribution is -0.159. The van der Waals surface area contributed by atoms with Crippen LogP contribution in [0.25, 0.3) is 0 Å². The molecule has 0 aromatic heterocycles. The summed E-state index contributed by atoms with van der Waals surface area (Å²) >= 11 is 0. The van der Waals surface area contributed by atoms with Crippen LogP contribution in [0.5, 0.6) is 0 Å². The van der Waals surface area contributed by atoms with Crippen molar-refractivity contribution in [2.45, 2.75) is 84.7 Å². The molecule has 0 aromatic carbocycles. The van der Waals surface area contributed by atoms with Crippen molar-refractivity contribution in [1.29, 1.82) is 0 Å². The molecule has 0 saturated heterocycles. The van der Waals surface area contributed by atoms with Crippen molar-refractivity contribution in [1.82, 2.24) is 9.80 Å². The first-order valence-corrected chi connectivity index (χ1v) is 13.0. The molecule has 4 amide bonds. The molecule has 37 heavy (non-hydrogen) atoms. The van der Waals surface area contributed by atoms with E-state index in [1.807, 2.05) is 0 Å². The van der Waals surface area contributed by atoms with E-state index in [0.717, 1.165) is 66.2 Å². The Morgan fingerprint density at radius 3 is 1.11 bits per heavy atom. The van der Waals surface area contributed by atoms with Gasteiger partial charge in [0.25, 0.3) is 23.6 Å². The Balaban J connectivity index is 1.55. The summed E-state index contributed by atoms with van der Waals surface area (Å²) in [5.41, 5.74) is 0. The van der Waals surface area contributed by atoms with E-state index >= 15 is 0 Å². The molecule has 2 unspecified atom stereocenters. The minimum Gasteiger partial charge on any atom is -0.464 e. The number of amides is 4. The Labute approximate surface area is 218 Å². The Kier molecular flexibility index (Phi) is 11.7. The van der Waals surface area contributed by atoms with Crippen LogP contribution in [0.1, 0.15) is 72.6 Å². The van der Waals surface area contributed by atoms with Gasteiger partial charge in [-0.1, -0.05) is 59.8 Å². The molecule has 0 N–H and O–H groups in total. The number of rotatable bonds is 16. The standard InChI is InChI=1S/C27H38N2O8/c1-18(2)24(28-20(30)12-13-21(28)31)26(34)36-16-10-8-6-5-7-9-11-17-37-27(35)25(19(3)4)29-22(32)14-15-23(29)33/h12-15,18-19,24-25H,5-11,16-17H2,1-4H3. The molecule has 10 nitrogen and oxygen atoms in total. The third-order valence-electron chi connectivity index (χ3n) is 6.27. The summed E-state index contributed by atoms with van der Waals surface area (Å²) in [5, 5.41) is 0. The van der Waals surface area contributed by atoms with Crippen molar-refractivity contribution in [2.24, 2.45) is 11.8 Å². The average molecular weight is 519 g/mol. The van der Waals surface area contributed by atoms with Crippen LogP contribution in [0.15, 0.2) is 24.3 Å². The van der Waals surface area contributed by atoms with Crippen LogP contribution < -0.4 is 0 Å². The number of hydrogen-bond donors (Lipinski definition) is 0. The molecular weight excluding hydrogens is 480 g/mol. The van der Waals surface area contributed by atoms with Gasteiger partial charge in [-0.3, -0.25) is 29.0 Å². The Morgan fingerprint density at radius 2 is 0.838 bits per heavy atom. The highest BCUT2D eigenvalue weighted by Crippen LogP contribution is 2.19. The van der Waals surface area contributed by atoms with E-state index < -0.39 is 47.7 Å². The fraction of sp³-hybridized carbons (Fsp3) is 0.630. The molecule has 0 spiro atoms. The topological polar surface area (TPSA) is 127 Å². The van der Waals surface area contributed by atoms with E-state index in [-0.39, 0.29) is 25.0 Å². The SMILES string of the molecule is CC(C)C(C(=O)OCCCCCCCCCOC(=O)C(C(C)C)N1C(=O)C=CC1=O)N1C(=O)C=CC1=O. The number of nitrogens with zero attached hydrogens (tertiary/aromatic N) is 2. The zero-order valence-corrected chi connectivity index (χ0v) is 22.1. The van der Waals surface area contributed by atoms with Crippen molar-refractivity contribution in [3.05, 3.63) is 24.3 Å². The van der Waals surface area contributed by atoms with Crippen LogP contribution in [0.3, 0.4) is 0 Å². The monoisotopic (exact) mass is 518 g/mol. The van der Waals surface area contributed by atoms with Gasteiger partial charge in [-0.15, -0.1) is 0 Å². The third-order valence-corrected chi connectivity index (χ3v) is 6.27. The highest BCUT2D eigenvalue weighted by Gasteiger charge is 2.39. The lowest BCUT2D eigenvalue weighted by atomic mass is 10.0. The van der Waals surface area contributed by atoms with Gasteiger partial charge < -0.3 is 9.47 Å². The van der Waals surface area contributed by atoms with Gasteiger partial charge in [0.15, 0.2) is 0 Å². The summed E-state index contributed by atoms with van der Waals surface area (Å²) in [6.45, 7) is 7.53. The molecule has 2 atom stereocenters. The molecular formula is C27H38N2O8.